The van der Waals surface area contributed by atoms with Gasteiger partial charge in [-0.2, -0.15) is 0 Å². The molecule has 7 nitrogen and oxygen atoms in total. The quantitative estimate of drug-likeness (QED) is 0.667. The zero-order valence-electron chi connectivity index (χ0n) is 15.1. The third-order valence-electron chi connectivity index (χ3n) is 4.87. The second kappa shape index (κ2) is 9.21. The van der Waals surface area contributed by atoms with Gasteiger partial charge in [-0.1, -0.05) is 23.7 Å². The van der Waals surface area contributed by atoms with E-state index in [-0.39, 0.29) is 12.5 Å². The molecule has 2 amide bonds. The molecule has 0 spiro atoms. The molecule has 0 radical (unpaired) electrons. The molecule has 0 bridgehead atoms. The van der Waals surface area contributed by atoms with Crippen molar-refractivity contribution in [3.63, 3.8) is 0 Å². The van der Waals surface area contributed by atoms with Crippen molar-refractivity contribution in [2.75, 3.05) is 33.9 Å². The number of rotatable bonds is 7. The van der Waals surface area contributed by atoms with Crippen LogP contribution in [0.4, 0.5) is 4.79 Å². The molecular formula is C18H26ClN3O4. The molecule has 1 aliphatic heterocycles. The van der Waals surface area contributed by atoms with Crippen LogP contribution in [-0.4, -0.2) is 67.4 Å². The van der Waals surface area contributed by atoms with Gasteiger partial charge < -0.3 is 25.4 Å². The van der Waals surface area contributed by atoms with Gasteiger partial charge >= 0.3 is 6.09 Å². The van der Waals surface area contributed by atoms with Crippen LogP contribution in [0, 0.1) is 0 Å². The van der Waals surface area contributed by atoms with E-state index < -0.39 is 17.7 Å². The van der Waals surface area contributed by atoms with Crippen molar-refractivity contribution in [3.8, 4) is 0 Å². The van der Waals surface area contributed by atoms with Crippen molar-refractivity contribution in [2.45, 2.75) is 30.8 Å². The van der Waals surface area contributed by atoms with E-state index in [1.807, 2.05) is 24.3 Å². The van der Waals surface area contributed by atoms with Gasteiger partial charge in [-0.3, -0.25) is 4.79 Å². The molecule has 2 rings (SSSR count). The van der Waals surface area contributed by atoms with Crippen LogP contribution in [0.25, 0.3) is 0 Å². The fraction of sp³-hybridized carbons (Fsp3) is 0.556. The Morgan fingerprint density at radius 3 is 2.65 bits per heavy atom. The second-order valence-corrected chi connectivity index (χ2v) is 7.10. The summed E-state index contributed by atoms with van der Waals surface area (Å²) in [5, 5.41) is 15.3. The van der Waals surface area contributed by atoms with Gasteiger partial charge in [0.15, 0.2) is 0 Å². The predicted molar refractivity (Wildman–Crippen MR) is 99.6 cm³/mol. The van der Waals surface area contributed by atoms with Crippen LogP contribution in [0.3, 0.4) is 0 Å². The first kappa shape index (κ1) is 20.5. The summed E-state index contributed by atoms with van der Waals surface area (Å²) in [5.74, 6) is -0.299. The zero-order valence-corrected chi connectivity index (χ0v) is 15.9. The maximum Gasteiger partial charge on any atom is 0.405 e. The van der Waals surface area contributed by atoms with Crippen molar-refractivity contribution in [3.05, 3.63) is 34.9 Å². The summed E-state index contributed by atoms with van der Waals surface area (Å²) in [6, 6.07) is 6.65. The van der Waals surface area contributed by atoms with E-state index in [4.69, 9.17) is 21.4 Å². The van der Waals surface area contributed by atoms with E-state index in [2.05, 4.69) is 10.6 Å². The topological polar surface area (TPSA) is 90.9 Å². The van der Waals surface area contributed by atoms with Gasteiger partial charge in [0.05, 0.1) is 12.1 Å². The highest BCUT2D eigenvalue weighted by Crippen LogP contribution is 2.28. The molecule has 0 unspecified atom stereocenters. The molecule has 26 heavy (non-hydrogen) atoms. The number of nitrogens with one attached hydrogen (secondary N) is 2. The SMILES string of the molecule is COC[C@H](NC(=O)O)C(=O)N(C)[C@@]1(Cc2ccc(Cl)cc2)CCCNC1. The Balaban J connectivity index is 2.24. The summed E-state index contributed by atoms with van der Waals surface area (Å²) in [5.41, 5.74) is 0.641. The number of hydrogen-bond donors (Lipinski definition) is 3. The number of carbonyl (C=O) groups is 2. The highest BCUT2D eigenvalue weighted by atomic mass is 35.5. The lowest BCUT2D eigenvalue weighted by Crippen LogP contribution is -2.63. The third-order valence-corrected chi connectivity index (χ3v) is 5.12. The van der Waals surface area contributed by atoms with Crippen LogP contribution in [0.5, 0.6) is 0 Å². The van der Waals surface area contributed by atoms with E-state index >= 15 is 0 Å². The van der Waals surface area contributed by atoms with Crippen LogP contribution in [0.1, 0.15) is 18.4 Å². The zero-order chi connectivity index (χ0) is 19.2. The standard InChI is InChI=1S/C18H26ClN3O4/c1-22(16(23)15(11-26-2)21-17(24)25)18(8-3-9-20-12-18)10-13-4-6-14(19)7-5-13/h4-7,15,20-21H,3,8-12H2,1-2H3,(H,24,25)/t15-,18+/m0/s1. The Morgan fingerprint density at radius 2 is 2.12 bits per heavy atom. The number of ether oxygens (including phenoxy) is 1. The number of likely N-dealkylation sites (N-methyl/N-ethyl adjacent to an activating group) is 1. The fourth-order valence-corrected chi connectivity index (χ4v) is 3.57. The van der Waals surface area contributed by atoms with Gasteiger partial charge in [0.2, 0.25) is 5.91 Å². The van der Waals surface area contributed by atoms with Gasteiger partial charge in [0.1, 0.15) is 6.04 Å². The maximum atomic E-state index is 13.0. The van der Waals surface area contributed by atoms with Crippen LogP contribution in [0.15, 0.2) is 24.3 Å². The third kappa shape index (κ3) is 5.09. The molecule has 1 fully saturated rings. The summed E-state index contributed by atoms with van der Waals surface area (Å²) in [6.45, 7) is 1.53. The van der Waals surface area contributed by atoms with E-state index in [0.717, 1.165) is 24.9 Å². The molecule has 8 heteroatoms. The molecule has 1 heterocycles. The monoisotopic (exact) mass is 383 g/mol. The number of piperidine rings is 1. The molecule has 1 aromatic rings. The van der Waals surface area contributed by atoms with E-state index in [9.17, 15) is 9.59 Å². The summed E-state index contributed by atoms with van der Waals surface area (Å²) in [7, 11) is 3.17. The first-order chi connectivity index (χ1) is 12.4. The first-order valence-corrected chi connectivity index (χ1v) is 8.97. The van der Waals surface area contributed by atoms with Crippen LogP contribution >= 0.6 is 11.6 Å². The highest BCUT2D eigenvalue weighted by molar-refractivity contribution is 6.30. The first-order valence-electron chi connectivity index (χ1n) is 8.59. The van der Waals surface area contributed by atoms with Gasteiger partial charge in [-0.05, 0) is 43.5 Å². The number of nitrogens with zero attached hydrogens (tertiary/aromatic N) is 1. The molecule has 0 saturated carbocycles. The number of halogens is 1. The number of carboxylic acid groups (broad SMARTS) is 1. The predicted octanol–water partition coefficient (Wildman–Crippen LogP) is 1.75. The smallest absolute Gasteiger partial charge is 0.405 e. The Kier molecular flexibility index (Phi) is 7.25. The lowest BCUT2D eigenvalue weighted by Gasteiger charge is -2.46. The Bertz CT molecular complexity index is 617. The van der Waals surface area contributed by atoms with Crippen molar-refractivity contribution < 1.29 is 19.4 Å². The number of methoxy groups -OCH3 is 1. The Hall–Kier alpha value is -1.83. The minimum absolute atomic E-state index is 0.0140. The van der Waals surface area contributed by atoms with E-state index in [1.165, 1.54) is 7.11 Å². The lowest BCUT2D eigenvalue weighted by atomic mass is 9.82. The maximum absolute atomic E-state index is 13.0. The number of hydrogen-bond acceptors (Lipinski definition) is 4. The summed E-state index contributed by atoms with van der Waals surface area (Å²) in [4.78, 5) is 25.7. The van der Waals surface area contributed by atoms with Gasteiger partial charge in [0, 0.05) is 25.7 Å². The molecule has 1 saturated heterocycles. The molecular weight excluding hydrogens is 358 g/mol. The molecule has 3 N–H and O–H groups in total. The number of benzene rings is 1. The summed E-state index contributed by atoms with van der Waals surface area (Å²) in [6.07, 6.45) is 1.18. The Labute approximate surface area is 158 Å². The van der Waals surface area contributed by atoms with Gasteiger partial charge in [-0.25, -0.2) is 4.79 Å². The van der Waals surface area contributed by atoms with E-state index in [0.29, 0.717) is 18.0 Å². The second-order valence-electron chi connectivity index (χ2n) is 6.66. The Morgan fingerprint density at radius 1 is 1.42 bits per heavy atom. The highest BCUT2D eigenvalue weighted by Gasteiger charge is 2.41. The lowest BCUT2D eigenvalue weighted by molar-refractivity contribution is -0.140. The molecule has 0 aliphatic carbocycles. The molecule has 1 aliphatic rings. The fourth-order valence-electron chi connectivity index (χ4n) is 3.45. The van der Waals surface area contributed by atoms with Crippen molar-refractivity contribution in [1.29, 1.82) is 0 Å². The van der Waals surface area contributed by atoms with Crippen LogP contribution < -0.4 is 10.6 Å². The van der Waals surface area contributed by atoms with Crippen molar-refractivity contribution in [1.82, 2.24) is 15.5 Å². The average Bonchev–Trinajstić information content (AvgIpc) is 2.62. The van der Waals surface area contributed by atoms with Crippen molar-refractivity contribution >= 4 is 23.6 Å². The molecule has 2 atom stereocenters. The molecule has 1 aromatic carbocycles. The largest absolute Gasteiger partial charge is 0.465 e. The number of carbonyl (C=O) groups excluding carboxylic acids is 1. The van der Waals surface area contributed by atoms with E-state index in [1.54, 1.807) is 11.9 Å². The minimum Gasteiger partial charge on any atom is -0.465 e. The number of amides is 2. The van der Waals surface area contributed by atoms with Crippen LogP contribution in [0.2, 0.25) is 5.02 Å². The van der Waals surface area contributed by atoms with Crippen molar-refractivity contribution in [2.24, 2.45) is 0 Å². The normalized spacial score (nSPS) is 21.0. The molecule has 0 aromatic heterocycles. The van der Waals surface area contributed by atoms with Crippen LogP contribution in [-0.2, 0) is 16.0 Å². The molecule has 144 valence electrons. The minimum atomic E-state index is -1.25. The average molecular weight is 384 g/mol. The summed E-state index contributed by atoms with van der Waals surface area (Å²) < 4.78 is 5.02. The van der Waals surface area contributed by atoms with Gasteiger partial charge in [0.25, 0.3) is 0 Å². The van der Waals surface area contributed by atoms with Gasteiger partial charge in [-0.15, -0.1) is 0 Å². The summed E-state index contributed by atoms with van der Waals surface area (Å²) >= 11 is 5.97.